The van der Waals surface area contributed by atoms with Crippen molar-refractivity contribution in [1.82, 2.24) is 9.21 Å². The van der Waals surface area contributed by atoms with Crippen LogP contribution in [0.2, 0.25) is 0 Å². The molecule has 0 saturated carbocycles. The summed E-state index contributed by atoms with van der Waals surface area (Å²) in [5, 5.41) is 9.67. The zero-order chi connectivity index (χ0) is 15.5. The maximum absolute atomic E-state index is 12.5. The smallest absolute Gasteiger partial charge is 0.243 e. The molecule has 1 unspecified atom stereocenters. The minimum absolute atomic E-state index is 0.328. The lowest BCUT2D eigenvalue weighted by molar-refractivity contribution is 0.0896. The number of aliphatic hydroxyl groups excluding tert-OH is 1. The molecule has 21 heavy (non-hydrogen) atoms. The predicted molar refractivity (Wildman–Crippen MR) is 82.7 cm³/mol. The first-order chi connectivity index (χ1) is 9.93. The summed E-state index contributed by atoms with van der Waals surface area (Å²) >= 11 is 0. The molecule has 0 bridgehead atoms. The fourth-order valence-corrected chi connectivity index (χ4v) is 3.86. The van der Waals surface area contributed by atoms with Crippen molar-refractivity contribution in [3.8, 4) is 0 Å². The number of benzene rings is 1. The van der Waals surface area contributed by atoms with Crippen LogP contribution in [0, 0.1) is 6.92 Å². The molecule has 0 aromatic heterocycles. The fraction of sp³-hybridized carbons (Fsp3) is 0.600. The van der Waals surface area contributed by atoms with Crippen LogP contribution >= 0.6 is 0 Å². The number of rotatable bonds is 5. The van der Waals surface area contributed by atoms with Gasteiger partial charge in [0.1, 0.15) is 0 Å². The van der Waals surface area contributed by atoms with Crippen molar-refractivity contribution in [2.45, 2.75) is 31.3 Å². The van der Waals surface area contributed by atoms with Crippen LogP contribution in [-0.4, -0.2) is 61.6 Å². The lowest BCUT2D eigenvalue weighted by Gasteiger charge is -2.34. The van der Waals surface area contributed by atoms with E-state index in [4.69, 9.17) is 0 Å². The number of sulfonamides is 1. The average molecular weight is 312 g/mol. The normalized spacial score (nSPS) is 19.6. The lowest BCUT2D eigenvalue weighted by Crippen LogP contribution is -2.50. The molecule has 0 aliphatic carbocycles. The van der Waals surface area contributed by atoms with Crippen molar-refractivity contribution in [1.29, 1.82) is 0 Å². The SMILES string of the molecule is CCC(O)CN1CCN(S(=O)(=O)c2ccc(C)cc2)CC1. The highest BCUT2D eigenvalue weighted by Crippen LogP contribution is 2.18. The van der Waals surface area contributed by atoms with Gasteiger partial charge < -0.3 is 5.11 Å². The molecule has 0 radical (unpaired) electrons. The Labute approximate surface area is 127 Å². The molecule has 1 atom stereocenters. The second-order valence-corrected chi connectivity index (χ2v) is 7.52. The summed E-state index contributed by atoms with van der Waals surface area (Å²) in [6.45, 7) is 6.80. The maximum Gasteiger partial charge on any atom is 0.243 e. The molecular formula is C15H24N2O3S. The molecule has 1 saturated heterocycles. The Morgan fingerprint density at radius 1 is 1.14 bits per heavy atom. The van der Waals surface area contributed by atoms with E-state index in [0.717, 1.165) is 12.0 Å². The van der Waals surface area contributed by atoms with Gasteiger partial charge in [0.15, 0.2) is 0 Å². The van der Waals surface area contributed by atoms with E-state index in [1.54, 1.807) is 12.1 Å². The van der Waals surface area contributed by atoms with Crippen LogP contribution in [0.15, 0.2) is 29.2 Å². The van der Waals surface area contributed by atoms with Gasteiger partial charge in [-0.05, 0) is 25.5 Å². The number of aliphatic hydroxyl groups is 1. The van der Waals surface area contributed by atoms with Crippen LogP contribution in [-0.2, 0) is 10.0 Å². The van der Waals surface area contributed by atoms with Crippen molar-refractivity contribution in [3.63, 3.8) is 0 Å². The van der Waals surface area contributed by atoms with E-state index in [2.05, 4.69) is 4.90 Å². The molecular weight excluding hydrogens is 288 g/mol. The molecule has 1 aromatic carbocycles. The summed E-state index contributed by atoms with van der Waals surface area (Å²) in [6, 6.07) is 6.97. The van der Waals surface area contributed by atoms with Gasteiger partial charge in [-0.15, -0.1) is 0 Å². The third-order valence-corrected chi connectivity index (χ3v) is 5.84. The van der Waals surface area contributed by atoms with Crippen molar-refractivity contribution in [2.75, 3.05) is 32.7 Å². The second kappa shape index (κ2) is 6.87. The molecule has 1 aromatic rings. The van der Waals surface area contributed by atoms with E-state index in [9.17, 15) is 13.5 Å². The zero-order valence-electron chi connectivity index (χ0n) is 12.7. The van der Waals surface area contributed by atoms with Gasteiger partial charge in [-0.25, -0.2) is 8.42 Å². The first kappa shape index (κ1) is 16.4. The van der Waals surface area contributed by atoms with Gasteiger partial charge in [-0.3, -0.25) is 4.90 Å². The van der Waals surface area contributed by atoms with Crippen molar-refractivity contribution in [3.05, 3.63) is 29.8 Å². The predicted octanol–water partition coefficient (Wildman–Crippen LogP) is 1.07. The van der Waals surface area contributed by atoms with Crippen molar-refractivity contribution < 1.29 is 13.5 Å². The Morgan fingerprint density at radius 3 is 2.24 bits per heavy atom. The van der Waals surface area contributed by atoms with Gasteiger partial charge in [0.05, 0.1) is 11.0 Å². The maximum atomic E-state index is 12.5. The molecule has 1 heterocycles. The molecule has 2 rings (SSSR count). The fourth-order valence-electron chi connectivity index (χ4n) is 2.44. The summed E-state index contributed by atoms with van der Waals surface area (Å²) in [6.07, 6.45) is 0.396. The first-order valence-corrected chi connectivity index (χ1v) is 8.84. The third-order valence-electron chi connectivity index (χ3n) is 3.93. The Hall–Kier alpha value is -0.950. The van der Waals surface area contributed by atoms with E-state index < -0.39 is 10.0 Å². The number of nitrogens with zero attached hydrogens (tertiary/aromatic N) is 2. The Morgan fingerprint density at radius 2 is 1.71 bits per heavy atom. The molecule has 0 spiro atoms. The summed E-state index contributed by atoms with van der Waals surface area (Å²) < 4.78 is 26.6. The van der Waals surface area contributed by atoms with E-state index in [1.165, 1.54) is 4.31 Å². The first-order valence-electron chi connectivity index (χ1n) is 7.40. The topological polar surface area (TPSA) is 60.9 Å². The van der Waals surface area contributed by atoms with Crippen LogP contribution in [0.5, 0.6) is 0 Å². The zero-order valence-corrected chi connectivity index (χ0v) is 13.5. The highest BCUT2D eigenvalue weighted by molar-refractivity contribution is 7.89. The van der Waals surface area contributed by atoms with Gasteiger partial charge in [0, 0.05) is 32.7 Å². The van der Waals surface area contributed by atoms with Crippen LogP contribution in [0.3, 0.4) is 0 Å². The van der Waals surface area contributed by atoms with Gasteiger partial charge in [0.25, 0.3) is 0 Å². The largest absolute Gasteiger partial charge is 0.392 e. The quantitative estimate of drug-likeness (QED) is 0.883. The summed E-state index contributed by atoms with van der Waals surface area (Å²) in [4.78, 5) is 2.48. The molecule has 1 aliphatic rings. The molecule has 1 N–H and O–H groups in total. The molecule has 1 aliphatic heterocycles. The van der Waals surface area contributed by atoms with Crippen LogP contribution in [0.25, 0.3) is 0 Å². The Balaban J connectivity index is 1.99. The standard InChI is InChI=1S/C15H24N2O3S/c1-3-14(18)12-16-8-10-17(11-9-16)21(19,20)15-6-4-13(2)5-7-15/h4-7,14,18H,3,8-12H2,1-2H3. The number of aryl methyl sites for hydroxylation is 1. The van der Waals surface area contributed by atoms with Gasteiger partial charge in [-0.2, -0.15) is 4.31 Å². The minimum Gasteiger partial charge on any atom is -0.392 e. The Kier molecular flexibility index (Phi) is 5.37. The molecule has 6 heteroatoms. The van der Waals surface area contributed by atoms with E-state index >= 15 is 0 Å². The van der Waals surface area contributed by atoms with Crippen molar-refractivity contribution >= 4 is 10.0 Å². The molecule has 0 amide bonds. The highest BCUT2D eigenvalue weighted by atomic mass is 32.2. The second-order valence-electron chi connectivity index (χ2n) is 5.58. The summed E-state index contributed by atoms with van der Waals surface area (Å²) in [5.74, 6) is 0. The molecule has 5 nitrogen and oxygen atoms in total. The monoisotopic (exact) mass is 312 g/mol. The number of hydrogen-bond donors (Lipinski definition) is 1. The minimum atomic E-state index is -3.39. The third kappa shape index (κ3) is 4.03. The van der Waals surface area contributed by atoms with Crippen molar-refractivity contribution in [2.24, 2.45) is 0 Å². The summed E-state index contributed by atoms with van der Waals surface area (Å²) in [7, 11) is -3.39. The van der Waals surface area contributed by atoms with Crippen LogP contribution < -0.4 is 0 Å². The van der Waals surface area contributed by atoms with E-state index in [1.807, 2.05) is 26.0 Å². The average Bonchev–Trinajstić information content (AvgIpc) is 2.48. The van der Waals surface area contributed by atoms with Crippen LogP contribution in [0.4, 0.5) is 0 Å². The molecule has 118 valence electrons. The number of hydrogen-bond acceptors (Lipinski definition) is 4. The Bertz CT molecular complexity index is 549. The molecule has 1 fully saturated rings. The number of piperazine rings is 1. The van der Waals surface area contributed by atoms with E-state index in [0.29, 0.717) is 37.6 Å². The van der Waals surface area contributed by atoms with Gasteiger partial charge in [-0.1, -0.05) is 24.6 Å². The van der Waals surface area contributed by atoms with Crippen LogP contribution in [0.1, 0.15) is 18.9 Å². The van der Waals surface area contributed by atoms with Gasteiger partial charge >= 0.3 is 0 Å². The number of β-amino-alcohol motifs (C(OH)–C–C–N with tert-alkyl or cyclic N) is 1. The van der Waals surface area contributed by atoms with Gasteiger partial charge in [0.2, 0.25) is 10.0 Å². The lowest BCUT2D eigenvalue weighted by atomic mass is 10.2. The summed E-state index contributed by atoms with van der Waals surface area (Å²) in [5.41, 5.74) is 1.05. The van der Waals surface area contributed by atoms with E-state index in [-0.39, 0.29) is 6.10 Å². The highest BCUT2D eigenvalue weighted by Gasteiger charge is 2.28.